The summed E-state index contributed by atoms with van der Waals surface area (Å²) in [5.41, 5.74) is -1.63. The van der Waals surface area contributed by atoms with Crippen molar-refractivity contribution in [3.05, 3.63) is 23.3 Å². The molecule has 39 heavy (non-hydrogen) atoms. The predicted molar refractivity (Wildman–Crippen MR) is 148 cm³/mol. The highest BCUT2D eigenvalue weighted by molar-refractivity contribution is 5.93. The summed E-state index contributed by atoms with van der Waals surface area (Å²) < 4.78 is 16.3. The van der Waals surface area contributed by atoms with Crippen molar-refractivity contribution in [2.24, 2.45) is 16.7 Å². The number of β-amino-alcohol motifs (C(OH)–C–C–N with tert-alkyl or cyclic N) is 1. The molecule has 0 spiro atoms. The molecule has 0 fully saturated rings. The molecular formula is C29H46N2O8. The van der Waals surface area contributed by atoms with Gasteiger partial charge in [-0.3, -0.25) is 14.4 Å². The van der Waals surface area contributed by atoms with Crippen LogP contribution >= 0.6 is 0 Å². The van der Waals surface area contributed by atoms with Gasteiger partial charge < -0.3 is 30.0 Å². The number of benzene rings is 1. The van der Waals surface area contributed by atoms with Gasteiger partial charge in [0.15, 0.2) is 11.5 Å². The van der Waals surface area contributed by atoms with Gasteiger partial charge in [0.25, 0.3) is 0 Å². The molecule has 1 unspecified atom stereocenters. The Kier molecular flexibility index (Phi) is 11.7. The van der Waals surface area contributed by atoms with Gasteiger partial charge >= 0.3 is 17.9 Å². The fourth-order valence-electron chi connectivity index (χ4n) is 2.82. The van der Waals surface area contributed by atoms with Crippen LogP contribution < -0.4 is 20.1 Å². The molecule has 0 saturated carbocycles. The van der Waals surface area contributed by atoms with E-state index in [9.17, 15) is 24.3 Å². The van der Waals surface area contributed by atoms with Crippen LogP contribution in [0.25, 0.3) is 0 Å². The second-order valence-electron chi connectivity index (χ2n) is 12.8. The van der Waals surface area contributed by atoms with E-state index in [4.69, 9.17) is 14.2 Å². The molecule has 0 saturated heterocycles. The molecule has 0 heterocycles. The molecule has 0 aliphatic rings. The zero-order valence-electron chi connectivity index (χ0n) is 25.2. The Balaban J connectivity index is 2.97. The van der Waals surface area contributed by atoms with Crippen molar-refractivity contribution in [3.8, 4) is 11.5 Å². The summed E-state index contributed by atoms with van der Waals surface area (Å²) in [7, 11) is 0. The third kappa shape index (κ3) is 11.3. The molecular weight excluding hydrogens is 504 g/mol. The van der Waals surface area contributed by atoms with E-state index in [1.807, 2.05) is 13.8 Å². The van der Waals surface area contributed by atoms with E-state index in [0.717, 1.165) is 0 Å². The summed E-state index contributed by atoms with van der Waals surface area (Å²) in [6.07, 6.45) is -1.01. The number of rotatable bonds is 11. The quantitative estimate of drug-likeness (QED) is 0.279. The number of esters is 3. The van der Waals surface area contributed by atoms with Crippen molar-refractivity contribution in [2.75, 3.05) is 19.7 Å². The molecule has 10 heteroatoms. The summed E-state index contributed by atoms with van der Waals surface area (Å²) in [6, 6.07) is 2.75. The van der Waals surface area contributed by atoms with Crippen LogP contribution in [0.1, 0.15) is 85.2 Å². The van der Waals surface area contributed by atoms with Gasteiger partial charge in [-0.1, -0.05) is 13.8 Å². The number of carbonyl (C=O) groups is 4. The minimum atomic E-state index is -1.01. The lowest BCUT2D eigenvalue weighted by Crippen LogP contribution is -2.52. The van der Waals surface area contributed by atoms with Crippen LogP contribution in [0.15, 0.2) is 12.1 Å². The topological polar surface area (TPSA) is 140 Å². The number of aliphatic hydroxyl groups excluding tert-OH is 1. The molecule has 0 radical (unpaired) electrons. The number of aryl methyl sites for hydroxylation is 1. The normalized spacial score (nSPS) is 13.1. The first-order valence-electron chi connectivity index (χ1n) is 13.1. The molecule has 1 aromatic carbocycles. The van der Waals surface area contributed by atoms with Gasteiger partial charge in [-0.15, -0.1) is 0 Å². The Hall–Kier alpha value is -2.98. The van der Waals surface area contributed by atoms with E-state index in [2.05, 4.69) is 10.6 Å². The zero-order chi connectivity index (χ0) is 30.3. The van der Waals surface area contributed by atoms with E-state index < -0.39 is 40.4 Å². The largest absolute Gasteiger partial charge is 0.459 e. The van der Waals surface area contributed by atoms with E-state index in [0.29, 0.717) is 12.1 Å². The third-order valence-electron chi connectivity index (χ3n) is 5.59. The maximum Gasteiger partial charge on any atom is 0.338 e. The van der Waals surface area contributed by atoms with Crippen molar-refractivity contribution >= 4 is 23.8 Å². The molecule has 1 rings (SSSR count). The highest BCUT2D eigenvalue weighted by atomic mass is 16.6. The first kappa shape index (κ1) is 34.0. The van der Waals surface area contributed by atoms with Crippen LogP contribution in [0.2, 0.25) is 0 Å². The van der Waals surface area contributed by atoms with Crippen molar-refractivity contribution in [2.45, 2.75) is 87.8 Å². The molecule has 0 aromatic heterocycles. The fraction of sp³-hybridized carbons (Fsp3) is 0.655. The molecule has 10 nitrogen and oxygen atoms in total. The molecule has 0 aliphatic heterocycles. The van der Waals surface area contributed by atoms with Crippen LogP contribution in [0.5, 0.6) is 11.5 Å². The average Bonchev–Trinajstić information content (AvgIpc) is 2.79. The molecule has 1 aromatic rings. The highest BCUT2D eigenvalue weighted by Crippen LogP contribution is 2.34. The summed E-state index contributed by atoms with van der Waals surface area (Å²) in [5, 5.41) is 16.4. The number of ether oxygens (including phenoxy) is 3. The first-order valence-corrected chi connectivity index (χ1v) is 13.1. The predicted octanol–water partition coefficient (Wildman–Crippen LogP) is 3.56. The number of carbonyl (C=O) groups excluding carboxylic acids is 4. The minimum Gasteiger partial charge on any atom is -0.459 e. The highest BCUT2D eigenvalue weighted by Gasteiger charge is 2.30. The zero-order valence-corrected chi connectivity index (χ0v) is 25.2. The second-order valence-corrected chi connectivity index (χ2v) is 12.8. The first-order chi connectivity index (χ1) is 17.6. The fourth-order valence-corrected chi connectivity index (χ4v) is 2.82. The SMILES string of the molecule is Cc1cc(OC(=O)C(C)(C)C)c(OC(=O)C(C)(C)C)cc1C(=O)OCC(O)CNC(C)(C)CNC(=O)C(C)C. The van der Waals surface area contributed by atoms with Gasteiger partial charge in [0.05, 0.1) is 16.4 Å². The molecule has 1 atom stereocenters. The summed E-state index contributed by atoms with van der Waals surface area (Å²) in [5.74, 6) is -2.13. The molecule has 0 aliphatic carbocycles. The Bertz CT molecular complexity index is 1050. The Labute approximate surface area is 232 Å². The summed E-state index contributed by atoms with van der Waals surface area (Å²) >= 11 is 0. The van der Waals surface area contributed by atoms with Gasteiger partial charge in [0, 0.05) is 24.5 Å². The van der Waals surface area contributed by atoms with Crippen molar-refractivity contribution in [3.63, 3.8) is 0 Å². The number of aliphatic hydroxyl groups is 1. The maximum atomic E-state index is 12.9. The van der Waals surface area contributed by atoms with E-state index in [1.165, 1.54) is 12.1 Å². The van der Waals surface area contributed by atoms with E-state index in [1.54, 1.807) is 62.3 Å². The molecule has 0 bridgehead atoms. The Morgan fingerprint density at radius 2 is 1.36 bits per heavy atom. The average molecular weight is 551 g/mol. The van der Waals surface area contributed by atoms with Gasteiger partial charge in [-0.25, -0.2) is 4.79 Å². The lowest BCUT2D eigenvalue weighted by Gasteiger charge is -2.28. The summed E-state index contributed by atoms with van der Waals surface area (Å²) in [4.78, 5) is 49.8. The Morgan fingerprint density at radius 3 is 1.82 bits per heavy atom. The number of amides is 1. The van der Waals surface area contributed by atoms with Crippen molar-refractivity contribution < 1.29 is 38.5 Å². The van der Waals surface area contributed by atoms with Crippen molar-refractivity contribution in [1.82, 2.24) is 10.6 Å². The maximum absolute atomic E-state index is 12.9. The van der Waals surface area contributed by atoms with E-state index in [-0.39, 0.29) is 42.0 Å². The lowest BCUT2D eigenvalue weighted by molar-refractivity contribution is -0.145. The standard InChI is InChI=1S/C29H46N2O8/c1-17(2)23(33)30-16-29(10,11)31-14-19(32)15-37-24(34)20-13-22(39-26(36)28(7,8)9)21(12-18(20)3)38-25(35)27(4,5)6/h12-13,17,19,31-32H,14-16H2,1-11H3,(H,30,33). The van der Waals surface area contributed by atoms with Crippen LogP contribution in [-0.4, -0.2) is 60.3 Å². The molecule has 220 valence electrons. The number of nitrogens with one attached hydrogen (secondary N) is 2. The minimum absolute atomic E-state index is 0.0117. The van der Waals surface area contributed by atoms with E-state index >= 15 is 0 Å². The van der Waals surface area contributed by atoms with Crippen LogP contribution in [0.4, 0.5) is 0 Å². The third-order valence-corrected chi connectivity index (χ3v) is 5.59. The van der Waals surface area contributed by atoms with Crippen LogP contribution in [0, 0.1) is 23.7 Å². The van der Waals surface area contributed by atoms with Crippen LogP contribution in [0.3, 0.4) is 0 Å². The molecule has 3 N–H and O–H groups in total. The molecule has 1 amide bonds. The van der Waals surface area contributed by atoms with Gasteiger partial charge in [-0.2, -0.15) is 0 Å². The monoisotopic (exact) mass is 550 g/mol. The van der Waals surface area contributed by atoms with Gasteiger partial charge in [-0.05, 0) is 80.0 Å². The second kappa shape index (κ2) is 13.4. The van der Waals surface area contributed by atoms with Gasteiger partial charge in [0.1, 0.15) is 12.7 Å². The summed E-state index contributed by atoms with van der Waals surface area (Å²) in [6.45, 7) is 19.3. The number of hydrogen-bond acceptors (Lipinski definition) is 9. The smallest absolute Gasteiger partial charge is 0.338 e. The number of hydrogen-bond donors (Lipinski definition) is 3. The van der Waals surface area contributed by atoms with Gasteiger partial charge in [0.2, 0.25) is 5.91 Å². The Morgan fingerprint density at radius 1 is 0.872 bits per heavy atom. The lowest BCUT2D eigenvalue weighted by atomic mass is 9.97. The van der Waals surface area contributed by atoms with Crippen LogP contribution in [-0.2, 0) is 19.1 Å². The van der Waals surface area contributed by atoms with Crippen molar-refractivity contribution in [1.29, 1.82) is 0 Å².